The Labute approximate surface area is 143 Å². The van der Waals surface area contributed by atoms with Crippen molar-refractivity contribution in [2.45, 2.75) is 46.3 Å². The molecule has 3 rings (SSSR count). The fourth-order valence-corrected chi connectivity index (χ4v) is 2.91. The van der Waals surface area contributed by atoms with Crippen LogP contribution in [-0.2, 0) is 6.42 Å². The highest BCUT2D eigenvalue weighted by Crippen LogP contribution is 2.41. The second-order valence-electron chi connectivity index (χ2n) is 6.12. The molecule has 0 spiro atoms. The Morgan fingerprint density at radius 1 is 1.25 bits per heavy atom. The third-order valence-electron chi connectivity index (χ3n) is 3.98. The van der Waals surface area contributed by atoms with Crippen molar-refractivity contribution in [1.82, 2.24) is 0 Å². The third kappa shape index (κ3) is 3.70. The molecule has 4 heteroatoms. The summed E-state index contributed by atoms with van der Waals surface area (Å²) in [5, 5.41) is 0. The third-order valence-corrected chi connectivity index (χ3v) is 3.98. The fraction of sp³-hybridized carbons (Fsp3) is 0.400. The normalized spacial score (nSPS) is 16.1. The predicted molar refractivity (Wildman–Crippen MR) is 96.1 cm³/mol. The first-order chi connectivity index (χ1) is 11.1. The van der Waals surface area contributed by atoms with E-state index in [0.29, 0.717) is 12.3 Å². The van der Waals surface area contributed by atoms with Gasteiger partial charge >= 0.3 is 0 Å². The number of halogens is 1. The maximum atomic E-state index is 13.6. The van der Waals surface area contributed by atoms with Crippen LogP contribution in [0.2, 0.25) is 0 Å². The van der Waals surface area contributed by atoms with Crippen molar-refractivity contribution < 1.29 is 13.9 Å². The number of benzene rings is 2. The highest BCUT2D eigenvalue weighted by molar-refractivity contribution is 5.77. The molecule has 24 heavy (non-hydrogen) atoms. The molecule has 1 atom stereocenters. The zero-order chi connectivity index (χ0) is 16.4. The van der Waals surface area contributed by atoms with Crippen molar-refractivity contribution in [3.8, 4) is 22.6 Å². The molecule has 130 valence electrons. The number of hydrogen-bond acceptors (Lipinski definition) is 3. The first kappa shape index (κ1) is 18.3. The minimum Gasteiger partial charge on any atom is -0.490 e. The Kier molecular flexibility index (Phi) is 5.84. The summed E-state index contributed by atoms with van der Waals surface area (Å²) in [5.74, 6) is 1.07. The summed E-state index contributed by atoms with van der Waals surface area (Å²) in [6.07, 6.45) is 1.85. The molecule has 0 saturated heterocycles. The maximum Gasteiger partial charge on any atom is 0.130 e. The van der Waals surface area contributed by atoms with E-state index in [1.165, 1.54) is 12.1 Å². The number of nitrogens with two attached hydrogens (primary N) is 1. The average Bonchev–Trinajstić information content (AvgIpc) is 2.53. The summed E-state index contributed by atoms with van der Waals surface area (Å²) < 4.78 is 25.5. The SMILES string of the molecule is C.CC(C)Oc1cc(F)ccc1-c1cccc2c1O[C@@H](CN)CC2. The average molecular weight is 331 g/mol. The second-order valence-corrected chi connectivity index (χ2v) is 6.12. The number of rotatable bonds is 4. The Balaban J connectivity index is 0.00000208. The fourth-order valence-electron chi connectivity index (χ4n) is 2.91. The topological polar surface area (TPSA) is 44.5 Å². The molecule has 0 amide bonds. The minimum absolute atomic E-state index is 0. The van der Waals surface area contributed by atoms with Gasteiger partial charge in [-0.15, -0.1) is 0 Å². The van der Waals surface area contributed by atoms with Crippen LogP contribution in [0.4, 0.5) is 4.39 Å². The molecule has 0 aromatic heterocycles. The van der Waals surface area contributed by atoms with Gasteiger partial charge in [0, 0.05) is 23.7 Å². The van der Waals surface area contributed by atoms with Crippen LogP contribution < -0.4 is 15.2 Å². The van der Waals surface area contributed by atoms with Crippen molar-refractivity contribution in [2.75, 3.05) is 6.54 Å². The van der Waals surface area contributed by atoms with Crippen LogP contribution in [0.15, 0.2) is 36.4 Å². The van der Waals surface area contributed by atoms with E-state index in [0.717, 1.165) is 35.3 Å². The molecule has 1 heterocycles. The van der Waals surface area contributed by atoms with E-state index in [9.17, 15) is 4.39 Å². The van der Waals surface area contributed by atoms with Crippen molar-refractivity contribution in [3.63, 3.8) is 0 Å². The molecule has 2 aromatic rings. The van der Waals surface area contributed by atoms with Gasteiger partial charge in [-0.2, -0.15) is 0 Å². The van der Waals surface area contributed by atoms with Crippen molar-refractivity contribution in [1.29, 1.82) is 0 Å². The minimum atomic E-state index is -0.310. The molecule has 1 aliphatic rings. The molecule has 2 aromatic carbocycles. The van der Waals surface area contributed by atoms with Gasteiger partial charge in [0.15, 0.2) is 0 Å². The van der Waals surface area contributed by atoms with Crippen LogP contribution in [0.5, 0.6) is 11.5 Å². The molecule has 0 unspecified atom stereocenters. The van der Waals surface area contributed by atoms with E-state index in [2.05, 4.69) is 6.07 Å². The van der Waals surface area contributed by atoms with E-state index < -0.39 is 0 Å². The van der Waals surface area contributed by atoms with Crippen LogP contribution in [0.3, 0.4) is 0 Å². The maximum absolute atomic E-state index is 13.6. The summed E-state index contributed by atoms with van der Waals surface area (Å²) in [5.41, 5.74) is 8.69. The molecular weight excluding hydrogens is 305 g/mol. The van der Waals surface area contributed by atoms with E-state index >= 15 is 0 Å². The number of ether oxygens (including phenoxy) is 2. The van der Waals surface area contributed by atoms with Crippen molar-refractivity contribution in [2.24, 2.45) is 5.73 Å². The number of hydrogen-bond donors (Lipinski definition) is 1. The molecule has 1 aliphatic heterocycles. The number of fused-ring (bicyclic) bond motifs is 1. The van der Waals surface area contributed by atoms with E-state index in [-0.39, 0.29) is 25.5 Å². The van der Waals surface area contributed by atoms with Gasteiger partial charge < -0.3 is 15.2 Å². The van der Waals surface area contributed by atoms with Gasteiger partial charge in [0.05, 0.1) is 6.10 Å². The van der Waals surface area contributed by atoms with E-state index in [4.69, 9.17) is 15.2 Å². The van der Waals surface area contributed by atoms with Crippen LogP contribution in [0.25, 0.3) is 11.1 Å². The quantitative estimate of drug-likeness (QED) is 0.892. The summed E-state index contributed by atoms with van der Waals surface area (Å²) in [4.78, 5) is 0. The van der Waals surface area contributed by atoms with Gasteiger partial charge in [0.25, 0.3) is 0 Å². The Hall–Kier alpha value is -2.07. The number of para-hydroxylation sites is 1. The lowest BCUT2D eigenvalue weighted by Crippen LogP contribution is -2.30. The lowest BCUT2D eigenvalue weighted by molar-refractivity contribution is 0.182. The molecule has 0 fully saturated rings. The Morgan fingerprint density at radius 2 is 2.04 bits per heavy atom. The van der Waals surface area contributed by atoms with E-state index in [1.807, 2.05) is 26.0 Å². The standard InChI is InChI=1S/C19H22FNO2.CH4/c1-12(2)22-18-10-14(20)7-9-16(18)17-5-3-4-13-6-8-15(11-21)23-19(13)17;/h3-5,7,9-10,12,15H,6,8,11,21H2,1-2H3;1H4/t15-;/m1./s1. The lowest BCUT2D eigenvalue weighted by Gasteiger charge is -2.27. The van der Waals surface area contributed by atoms with Gasteiger partial charge in [0.2, 0.25) is 0 Å². The molecule has 0 aliphatic carbocycles. The van der Waals surface area contributed by atoms with Gasteiger partial charge in [0.1, 0.15) is 23.4 Å². The molecule has 0 bridgehead atoms. The van der Waals surface area contributed by atoms with Gasteiger partial charge in [-0.05, 0) is 44.4 Å². The summed E-state index contributed by atoms with van der Waals surface area (Å²) in [6, 6.07) is 10.7. The summed E-state index contributed by atoms with van der Waals surface area (Å²) in [7, 11) is 0. The highest BCUT2D eigenvalue weighted by atomic mass is 19.1. The monoisotopic (exact) mass is 331 g/mol. The zero-order valence-corrected chi connectivity index (χ0v) is 13.5. The van der Waals surface area contributed by atoms with Crippen LogP contribution in [0, 0.1) is 5.82 Å². The molecule has 2 N–H and O–H groups in total. The molecule has 0 radical (unpaired) electrons. The van der Waals surface area contributed by atoms with Gasteiger partial charge in [-0.1, -0.05) is 25.6 Å². The van der Waals surface area contributed by atoms with Crippen LogP contribution in [-0.4, -0.2) is 18.8 Å². The number of aryl methyl sites for hydroxylation is 1. The molecular formula is C20H26FNO2. The highest BCUT2D eigenvalue weighted by Gasteiger charge is 2.23. The Bertz CT molecular complexity index is 700. The van der Waals surface area contributed by atoms with E-state index in [1.54, 1.807) is 6.07 Å². The molecule has 0 saturated carbocycles. The Morgan fingerprint density at radius 3 is 2.75 bits per heavy atom. The zero-order valence-electron chi connectivity index (χ0n) is 13.5. The van der Waals surface area contributed by atoms with Crippen LogP contribution in [0.1, 0.15) is 33.3 Å². The summed E-state index contributed by atoms with van der Waals surface area (Å²) >= 11 is 0. The lowest BCUT2D eigenvalue weighted by atomic mass is 9.95. The second kappa shape index (κ2) is 7.67. The first-order valence-electron chi connectivity index (χ1n) is 8.03. The van der Waals surface area contributed by atoms with Gasteiger partial charge in [-0.3, -0.25) is 0 Å². The van der Waals surface area contributed by atoms with Crippen LogP contribution >= 0.6 is 0 Å². The molecule has 3 nitrogen and oxygen atoms in total. The van der Waals surface area contributed by atoms with Crippen molar-refractivity contribution in [3.05, 3.63) is 47.8 Å². The van der Waals surface area contributed by atoms with Gasteiger partial charge in [-0.25, -0.2) is 4.39 Å². The largest absolute Gasteiger partial charge is 0.490 e. The summed E-state index contributed by atoms with van der Waals surface area (Å²) in [6.45, 7) is 4.35. The predicted octanol–water partition coefficient (Wildman–Crippen LogP) is 4.57. The van der Waals surface area contributed by atoms with Crippen molar-refractivity contribution >= 4 is 0 Å². The first-order valence-corrected chi connectivity index (χ1v) is 8.03. The smallest absolute Gasteiger partial charge is 0.130 e.